The van der Waals surface area contributed by atoms with Crippen LogP contribution in [0.3, 0.4) is 0 Å². The normalized spacial score (nSPS) is 17.1. The summed E-state index contributed by atoms with van der Waals surface area (Å²) >= 11 is 0. The van der Waals surface area contributed by atoms with Crippen LogP contribution in [0.5, 0.6) is 0 Å². The van der Waals surface area contributed by atoms with Gasteiger partial charge in [-0.15, -0.1) is 0 Å². The fraction of sp³-hybridized carbons (Fsp3) is 0.333. The highest BCUT2D eigenvalue weighted by molar-refractivity contribution is 5.48. The summed E-state index contributed by atoms with van der Waals surface area (Å²) in [4.78, 5) is 2.38. The van der Waals surface area contributed by atoms with Crippen LogP contribution in [0.1, 0.15) is 18.4 Å². The molecule has 0 saturated carbocycles. The van der Waals surface area contributed by atoms with Crippen molar-refractivity contribution in [2.45, 2.75) is 12.8 Å². The average Bonchev–Trinajstić information content (AvgIpc) is 2.69. The number of hydrogen-bond acceptors (Lipinski definition) is 1. The molecule has 0 spiro atoms. The molecule has 0 N–H and O–H groups in total. The van der Waals surface area contributed by atoms with Crippen molar-refractivity contribution in [1.82, 2.24) is 4.90 Å². The summed E-state index contributed by atoms with van der Waals surface area (Å²) in [6.07, 6.45) is 7.09. The van der Waals surface area contributed by atoms with E-state index in [9.17, 15) is 0 Å². The molecule has 1 aliphatic heterocycles. The van der Waals surface area contributed by atoms with Crippen LogP contribution in [0.2, 0.25) is 0 Å². The SMILES string of the molecule is C(=CN1CCCC1)c1ccccc1. The summed E-state index contributed by atoms with van der Waals surface area (Å²) in [6.45, 7) is 2.45. The molecule has 68 valence electrons. The van der Waals surface area contributed by atoms with Gasteiger partial charge in [-0.05, 0) is 30.7 Å². The third-order valence-corrected chi connectivity index (χ3v) is 2.42. The van der Waals surface area contributed by atoms with E-state index in [-0.39, 0.29) is 0 Å². The zero-order valence-corrected chi connectivity index (χ0v) is 7.82. The maximum absolute atomic E-state index is 2.38. The first kappa shape index (κ1) is 8.36. The Bertz CT molecular complexity index is 270. The third kappa shape index (κ3) is 2.35. The largest absolute Gasteiger partial charge is 0.377 e. The van der Waals surface area contributed by atoms with Crippen molar-refractivity contribution in [1.29, 1.82) is 0 Å². The Morgan fingerprint density at radius 2 is 1.69 bits per heavy atom. The molecule has 0 aliphatic carbocycles. The Labute approximate surface area is 79.7 Å². The predicted molar refractivity (Wildman–Crippen MR) is 56.3 cm³/mol. The highest BCUT2D eigenvalue weighted by Gasteiger charge is 2.05. The van der Waals surface area contributed by atoms with E-state index in [2.05, 4.69) is 41.4 Å². The molecule has 1 saturated heterocycles. The zero-order valence-electron chi connectivity index (χ0n) is 7.82. The number of nitrogens with zero attached hydrogens (tertiary/aromatic N) is 1. The Hall–Kier alpha value is -1.24. The maximum atomic E-state index is 2.38. The van der Waals surface area contributed by atoms with Gasteiger partial charge in [0.1, 0.15) is 0 Å². The minimum absolute atomic E-state index is 1.23. The van der Waals surface area contributed by atoms with Gasteiger partial charge in [0.05, 0.1) is 0 Å². The molecule has 2 rings (SSSR count). The van der Waals surface area contributed by atoms with E-state index in [0.29, 0.717) is 0 Å². The lowest BCUT2D eigenvalue weighted by atomic mass is 10.2. The quantitative estimate of drug-likeness (QED) is 0.664. The fourth-order valence-corrected chi connectivity index (χ4v) is 1.65. The molecule has 0 bridgehead atoms. The Balaban J connectivity index is 1.97. The second-order valence-corrected chi connectivity index (χ2v) is 3.47. The smallest absolute Gasteiger partial charge is 0.0173 e. The molecule has 1 heterocycles. The van der Waals surface area contributed by atoms with Gasteiger partial charge >= 0.3 is 0 Å². The summed E-state index contributed by atoms with van der Waals surface area (Å²) in [7, 11) is 0. The van der Waals surface area contributed by atoms with Crippen molar-refractivity contribution in [3.05, 3.63) is 42.1 Å². The molecule has 0 aromatic heterocycles. The maximum Gasteiger partial charge on any atom is 0.0173 e. The first-order valence-corrected chi connectivity index (χ1v) is 4.92. The van der Waals surface area contributed by atoms with Crippen molar-refractivity contribution in [2.24, 2.45) is 0 Å². The van der Waals surface area contributed by atoms with Gasteiger partial charge in [-0.25, -0.2) is 0 Å². The van der Waals surface area contributed by atoms with Gasteiger partial charge in [-0.3, -0.25) is 0 Å². The molecule has 0 radical (unpaired) electrons. The van der Waals surface area contributed by atoms with Gasteiger partial charge in [0.25, 0.3) is 0 Å². The molecule has 0 unspecified atom stereocenters. The summed E-state index contributed by atoms with van der Waals surface area (Å²) in [5.41, 5.74) is 1.29. The lowest BCUT2D eigenvalue weighted by Gasteiger charge is -2.09. The minimum Gasteiger partial charge on any atom is -0.377 e. The van der Waals surface area contributed by atoms with Gasteiger partial charge < -0.3 is 4.90 Å². The zero-order chi connectivity index (χ0) is 8.93. The lowest BCUT2D eigenvalue weighted by Crippen LogP contribution is -2.09. The van der Waals surface area contributed by atoms with Crippen LogP contribution in [0.15, 0.2) is 36.5 Å². The summed E-state index contributed by atoms with van der Waals surface area (Å²) in [6, 6.07) is 10.5. The van der Waals surface area contributed by atoms with E-state index in [4.69, 9.17) is 0 Å². The Morgan fingerprint density at radius 1 is 1.00 bits per heavy atom. The molecule has 1 aliphatic rings. The topological polar surface area (TPSA) is 3.24 Å². The number of rotatable bonds is 2. The molecule has 0 atom stereocenters. The summed E-state index contributed by atoms with van der Waals surface area (Å²) in [5, 5.41) is 0. The van der Waals surface area contributed by atoms with Crippen LogP contribution in [-0.4, -0.2) is 18.0 Å². The minimum atomic E-state index is 1.23. The van der Waals surface area contributed by atoms with Crippen LogP contribution >= 0.6 is 0 Å². The highest BCUT2D eigenvalue weighted by Crippen LogP contribution is 2.09. The third-order valence-electron chi connectivity index (χ3n) is 2.42. The predicted octanol–water partition coefficient (Wildman–Crippen LogP) is 2.75. The van der Waals surface area contributed by atoms with Crippen molar-refractivity contribution in [2.75, 3.05) is 13.1 Å². The number of benzene rings is 1. The van der Waals surface area contributed by atoms with Gasteiger partial charge in [0.2, 0.25) is 0 Å². The van der Waals surface area contributed by atoms with Crippen molar-refractivity contribution < 1.29 is 0 Å². The molecule has 1 fully saturated rings. The Morgan fingerprint density at radius 3 is 2.38 bits per heavy atom. The van der Waals surface area contributed by atoms with E-state index in [1.807, 2.05) is 6.07 Å². The second-order valence-electron chi connectivity index (χ2n) is 3.47. The van der Waals surface area contributed by atoms with E-state index in [1.165, 1.54) is 31.5 Å². The van der Waals surface area contributed by atoms with E-state index < -0.39 is 0 Å². The van der Waals surface area contributed by atoms with E-state index >= 15 is 0 Å². The lowest BCUT2D eigenvalue weighted by molar-refractivity contribution is 0.471. The molecular weight excluding hydrogens is 158 g/mol. The van der Waals surface area contributed by atoms with Crippen LogP contribution < -0.4 is 0 Å². The van der Waals surface area contributed by atoms with E-state index in [0.717, 1.165) is 0 Å². The molecular formula is C12H15N. The van der Waals surface area contributed by atoms with Crippen LogP contribution in [0.25, 0.3) is 6.08 Å². The molecule has 13 heavy (non-hydrogen) atoms. The van der Waals surface area contributed by atoms with Gasteiger partial charge in [-0.2, -0.15) is 0 Å². The van der Waals surface area contributed by atoms with Crippen LogP contribution in [0, 0.1) is 0 Å². The molecule has 1 aromatic carbocycles. The van der Waals surface area contributed by atoms with Crippen molar-refractivity contribution in [3.8, 4) is 0 Å². The Kier molecular flexibility index (Phi) is 2.65. The van der Waals surface area contributed by atoms with Crippen LogP contribution in [0.4, 0.5) is 0 Å². The van der Waals surface area contributed by atoms with Crippen molar-refractivity contribution in [3.63, 3.8) is 0 Å². The van der Waals surface area contributed by atoms with Crippen molar-refractivity contribution >= 4 is 6.08 Å². The standard InChI is InChI=1S/C12H15N/c1-2-6-12(7-3-1)8-11-13-9-4-5-10-13/h1-3,6-8,11H,4-5,9-10H2. The summed E-state index contributed by atoms with van der Waals surface area (Å²) < 4.78 is 0. The molecule has 1 heteroatoms. The fourth-order valence-electron chi connectivity index (χ4n) is 1.65. The van der Waals surface area contributed by atoms with Crippen LogP contribution in [-0.2, 0) is 0 Å². The average molecular weight is 173 g/mol. The molecule has 1 aromatic rings. The monoisotopic (exact) mass is 173 g/mol. The first-order valence-electron chi connectivity index (χ1n) is 4.92. The summed E-state index contributed by atoms with van der Waals surface area (Å²) in [5.74, 6) is 0. The number of hydrogen-bond donors (Lipinski definition) is 0. The van der Waals surface area contributed by atoms with Gasteiger partial charge in [0, 0.05) is 13.1 Å². The van der Waals surface area contributed by atoms with Gasteiger partial charge in [0.15, 0.2) is 0 Å². The molecule has 0 amide bonds. The second kappa shape index (κ2) is 4.13. The van der Waals surface area contributed by atoms with Gasteiger partial charge in [-0.1, -0.05) is 30.3 Å². The first-order chi connectivity index (χ1) is 6.45. The molecule has 1 nitrogen and oxygen atoms in total. The number of likely N-dealkylation sites (tertiary alicyclic amines) is 1. The van der Waals surface area contributed by atoms with E-state index in [1.54, 1.807) is 0 Å². The highest BCUT2D eigenvalue weighted by atomic mass is 15.1.